The summed E-state index contributed by atoms with van der Waals surface area (Å²) in [6, 6.07) is 3.33. The van der Waals surface area contributed by atoms with E-state index in [9.17, 15) is 13.2 Å². The van der Waals surface area contributed by atoms with Crippen molar-refractivity contribution < 1.29 is 13.2 Å². The van der Waals surface area contributed by atoms with Gasteiger partial charge in [-0.15, -0.1) is 0 Å². The molecule has 1 aromatic rings. The van der Waals surface area contributed by atoms with Crippen LogP contribution in [0.1, 0.15) is 17.5 Å². The summed E-state index contributed by atoms with van der Waals surface area (Å²) in [6.45, 7) is 2.38. The Morgan fingerprint density at radius 3 is 2.89 bits per heavy atom. The number of sulfonamides is 1. The third-order valence-electron chi connectivity index (χ3n) is 3.11. The number of hydrogen-bond acceptors (Lipinski definition) is 4. The van der Waals surface area contributed by atoms with Crippen LogP contribution in [-0.2, 0) is 21.2 Å². The van der Waals surface area contributed by atoms with Crippen LogP contribution >= 0.6 is 0 Å². The van der Waals surface area contributed by atoms with Crippen LogP contribution in [0.25, 0.3) is 0 Å². The molecule has 0 fully saturated rings. The van der Waals surface area contributed by atoms with E-state index in [0.29, 0.717) is 6.42 Å². The van der Waals surface area contributed by atoms with Gasteiger partial charge in [0.05, 0.1) is 11.4 Å². The Hall–Kier alpha value is -1.60. The van der Waals surface area contributed by atoms with Crippen LogP contribution in [0.15, 0.2) is 17.0 Å². The van der Waals surface area contributed by atoms with Crippen LogP contribution in [0.3, 0.4) is 0 Å². The fourth-order valence-electron chi connectivity index (χ4n) is 2.21. The SMILES string of the molecule is Cc1ccc(S(=O)(=O)NCC(N)=O)c2c1NCCC2. The van der Waals surface area contributed by atoms with Crippen LogP contribution in [0.2, 0.25) is 0 Å². The van der Waals surface area contributed by atoms with Gasteiger partial charge in [0.1, 0.15) is 0 Å². The number of nitrogens with two attached hydrogens (primary N) is 1. The molecule has 4 N–H and O–H groups in total. The fourth-order valence-corrected chi connectivity index (χ4v) is 3.48. The van der Waals surface area contributed by atoms with Gasteiger partial charge in [-0.05, 0) is 37.0 Å². The van der Waals surface area contributed by atoms with Gasteiger partial charge in [0.25, 0.3) is 0 Å². The number of rotatable bonds is 4. The molecule has 0 saturated heterocycles. The molecule has 1 aliphatic heterocycles. The van der Waals surface area contributed by atoms with Crippen molar-refractivity contribution in [1.82, 2.24) is 4.72 Å². The van der Waals surface area contributed by atoms with Crippen LogP contribution in [0.4, 0.5) is 5.69 Å². The number of primary amides is 1. The Morgan fingerprint density at radius 1 is 1.47 bits per heavy atom. The molecule has 7 heteroatoms. The maximum absolute atomic E-state index is 12.2. The van der Waals surface area contributed by atoms with Gasteiger partial charge in [-0.3, -0.25) is 4.79 Å². The highest BCUT2D eigenvalue weighted by Gasteiger charge is 2.23. The highest BCUT2D eigenvalue weighted by molar-refractivity contribution is 7.89. The Bertz CT molecular complexity index is 611. The molecule has 0 saturated carbocycles. The number of carbonyl (C=O) groups excluding carboxylic acids is 1. The average Bonchev–Trinajstić information content (AvgIpc) is 2.37. The largest absolute Gasteiger partial charge is 0.385 e. The van der Waals surface area contributed by atoms with Crippen molar-refractivity contribution in [3.05, 3.63) is 23.3 Å². The third-order valence-corrected chi connectivity index (χ3v) is 4.60. The van der Waals surface area contributed by atoms with Crippen molar-refractivity contribution >= 4 is 21.6 Å². The minimum atomic E-state index is -3.70. The summed E-state index contributed by atoms with van der Waals surface area (Å²) in [5.41, 5.74) is 7.64. The molecule has 6 nitrogen and oxygen atoms in total. The van der Waals surface area contributed by atoms with Crippen molar-refractivity contribution in [2.45, 2.75) is 24.7 Å². The lowest BCUT2D eigenvalue weighted by atomic mass is 10.00. The molecule has 19 heavy (non-hydrogen) atoms. The number of nitrogens with one attached hydrogen (secondary N) is 2. The molecular weight excluding hydrogens is 266 g/mol. The van der Waals surface area contributed by atoms with E-state index in [1.165, 1.54) is 0 Å². The van der Waals surface area contributed by atoms with Crippen LogP contribution < -0.4 is 15.8 Å². The summed E-state index contributed by atoms with van der Waals surface area (Å²) in [7, 11) is -3.70. The zero-order chi connectivity index (χ0) is 14.0. The molecule has 0 aliphatic carbocycles. The number of hydrogen-bond donors (Lipinski definition) is 3. The van der Waals surface area contributed by atoms with E-state index in [0.717, 1.165) is 29.8 Å². The minimum Gasteiger partial charge on any atom is -0.385 e. The van der Waals surface area contributed by atoms with Gasteiger partial charge in [0.2, 0.25) is 15.9 Å². The van der Waals surface area contributed by atoms with Gasteiger partial charge < -0.3 is 11.1 Å². The molecule has 0 aromatic heterocycles. The summed E-state index contributed by atoms with van der Waals surface area (Å²) < 4.78 is 26.6. The van der Waals surface area contributed by atoms with Gasteiger partial charge in [0.15, 0.2) is 0 Å². The molecule has 0 spiro atoms. The lowest BCUT2D eigenvalue weighted by Gasteiger charge is -2.23. The van der Waals surface area contributed by atoms with Crippen molar-refractivity contribution in [2.75, 3.05) is 18.4 Å². The molecule has 104 valence electrons. The summed E-state index contributed by atoms with van der Waals surface area (Å²) in [5.74, 6) is -0.706. The first-order valence-corrected chi connectivity index (χ1v) is 7.54. The lowest BCUT2D eigenvalue weighted by molar-refractivity contribution is -0.116. The first-order chi connectivity index (χ1) is 8.92. The average molecular weight is 283 g/mol. The zero-order valence-corrected chi connectivity index (χ0v) is 11.5. The molecule has 1 aliphatic rings. The second-order valence-electron chi connectivity index (χ2n) is 4.56. The maximum atomic E-state index is 12.2. The van der Waals surface area contributed by atoms with Gasteiger partial charge in [-0.2, -0.15) is 0 Å². The van der Waals surface area contributed by atoms with Crippen LogP contribution in [-0.4, -0.2) is 27.4 Å². The Labute approximate surface area is 112 Å². The molecule has 1 heterocycles. The highest BCUT2D eigenvalue weighted by atomic mass is 32.2. The van der Waals surface area contributed by atoms with E-state index in [-0.39, 0.29) is 4.90 Å². The smallest absolute Gasteiger partial charge is 0.241 e. The van der Waals surface area contributed by atoms with Gasteiger partial charge in [-0.25, -0.2) is 13.1 Å². The summed E-state index contributed by atoms with van der Waals surface area (Å²) in [4.78, 5) is 10.9. The topological polar surface area (TPSA) is 101 Å². The third kappa shape index (κ3) is 2.87. The Kier molecular flexibility index (Phi) is 3.77. The van der Waals surface area contributed by atoms with E-state index < -0.39 is 22.5 Å². The number of carbonyl (C=O) groups is 1. The van der Waals surface area contributed by atoms with Crippen molar-refractivity contribution in [3.63, 3.8) is 0 Å². The van der Waals surface area contributed by atoms with Crippen molar-refractivity contribution in [2.24, 2.45) is 5.73 Å². The van der Waals surface area contributed by atoms with E-state index in [1.807, 2.05) is 6.92 Å². The Morgan fingerprint density at radius 2 is 2.21 bits per heavy atom. The van der Waals surface area contributed by atoms with E-state index in [1.54, 1.807) is 12.1 Å². The monoisotopic (exact) mass is 283 g/mol. The summed E-state index contributed by atoms with van der Waals surface area (Å²) in [5, 5.41) is 3.22. The lowest BCUT2D eigenvalue weighted by Crippen LogP contribution is -2.34. The van der Waals surface area contributed by atoms with Crippen LogP contribution in [0, 0.1) is 6.92 Å². The first kappa shape index (κ1) is 13.8. The molecule has 0 bridgehead atoms. The van der Waals surface area contributed by atoms with E-state index in [2.05, 4.69) is 10.0 Å². The molecule has 0 unspecified atom stereocenters. The number of benzene rings is 1. The second-order valence-corrected chi connectivity index (χ2v) is 6.29. The maximum Gasteiger partial charge on any atom is 0.241 e. The molecule has 0 atom stereocenters. The number of fused-ring (bicyclic) bond motifs is 1. The normalized spacial score (nSPS) is 14.6. The molecule has 0 radical (unpaired) electrons. The number of anilines is 1. The number of amides is 1. The molecule has 1 amide bonds. The fraction of sp³-hybridized carbons (Fsp3) is 0.417. The first-order valence-electron chi connectivity index (χ1n) is 6.06. The summed E-state index contributed by atoms with van der Waals surface area (Å²) >= 11 is 0. The standard InChI is InChI=1S/C12H17N3O3S/c1-8-4-5-10(9-3-2-6-14-12(8)9)19(17,18)15-7-11(13)16/h4-5,14-15H,2-3,6-7H2,1H3,(H2,13,16). The Balaban J connectivity index is 2.42. The predicted molar refractivity (Wildman–Crippen MR) is 72.4 cm³/mol. The zero-order valence-electron chi connectivity index (χ0n) is 10.7. The molecule has 2 rings (SSSR count). The number of aryl methyl sites for hydroxylation is 1. The summed E-state index contributed by atoms with van der Waals surface area (Å²) in [6.07, 6.45) is 1.59. The van der Waals surface area contributed by atoms with Crippen molar-refractivity contribution in [1.29, 1.82) is 0 Å². The van der Waals surface area contributed by atoms with Gasteiger partial charge in [0, 0.05) is 12.2 Å². The highest BCUT2D eigenvalue weighted by Crippen LogP contribution is 2.31. The molecular formula is C12H17N3O3S. The van der Waals surface area contributed by atoms with Gasteiger partial charge >= 0.3 is 0 Å². The van der Waals surface area contributed by atoms with Crippen LogP contribution in [0.5, 0.6) is 0 Å². The van der Waals surface area contributed by atoms with E-state index in [4.69, 9.17) is 5.73 Å². The predicted octanol–water partition coefficient (Wildman–Crippen LogP) is 0.117. The molecule has 1 aromatic carbocycles. The minimum absolute atomic E-state index is 0.224. The quantitative estimate of drug-likeness (QED) is 0.730. The van der Waals surface area contributed by atoms with E-state index >= 15 is 0 Å². The second kappa shape index (κ2) is 5.18. The van der Waals surface area contributed by atoms with Crippen molar-refractivity contribution in [3.8, 4) is 0 Å². The van der Waals surface area contributed by atoms with Gasteiger partial charge in [-0.1, -0.05) is 6.07 Å².